The van der Waals surface area contributed by atoms with Crippen LogP contribution in [0.4, 0.5) is 0 Å². The zero-order chi connectivity index (χ0) is 10.6. The number of rotatable bonds is 3. The van der Waals surface area contributed by atoms with Crippen LogP contribution in [0.5, 0.6) is 0 Å². The van der Waals surface area contributed by atoms with E-state index in [1.165, 1.54) is 32.1 Å². The normalized spacial score (nSPS) is 48.2. The summed E-state index contributed by atoms with van der Waals surface area (Å²) in [6.45, 7) is 4.59. The van der Waals surface area contributed by atoms with Crippen molar-refractivity contribution in [2.24, 2.45) is 29.1 Å². The van der Waals surface area contributed by atoms with Gasteiger partial charge in [0.25, 0.3) is 0 Å². The van der Waals surface area contributed by atoms with Crippen molar-refractivity contribution in [2.75, 3.05) is 0 Å². The molecule has 0 aliphatic heterocycles. The quantitative estimate of drug-likeness (QED) is 0.755. The van der Waals surface area contributed by atoms with Crippen molar-refractivity contribution in [1.82, 2.24) is 0 Å². The largest absolute Gasteiger partial charge is 0.393 e. The van der Waals surface area contributed by atoms with Crippen molar-refractivity contribution in [2.45, 2.75) is 58.5 Å². The lowest BCUT2D eigenvalue weighted by atomic mass is 9.83. The van der Waals surface area contributed by atoms with Gasteiger partial charge in [-0.2, -0.15) is 0 Å². The van der Waals surface area contributed by atoms with E-state index < -0.39 is 0 Å². The molecule has 3 rings (SSSR count). The highest BCUT2D eigenvalue weighted by Gasteiger charge is 2.51. The van der Waals surface area contributed by atoms with Crippen LogP contribution in [0.15, 0.2) is 0 Å². The number of aliphatic hydroxyl groups is 1. The first-order valence-electron chi connectivity index (χ1n) is 6.74. The van der Waals surface area contributed by atoms with Gasteiger partial charge in [0.15, 0.2) is 0 Å². The minimum Gasteiger partial charge on any atom is -0.393 e. The Labute approximate surface area is 93.3 Å². The van der Waals surface area contributed by atoms with Gasteiger partial charge in [-0.15, -0.1) is 0 Å². The minimum absolute atomic E-state index is 0.00403. The summed E-state index contributed by atoms with van der Waals surface area (Å²) in [5.41, 5.74) is 0.442. The molecule has 2 bridgehead atoms. The molecule has 0 amide bonds. The lowest BCUT2D eigenvalue weighted by molar-refractivity contribution is 0.0941. The number of aliphatic hydroxyl groups excluding tert-OH is 1. The van der Waals surface area contributed by atoms with Gasteiger partial charge < -0.3 is 5.11 Å². The van der Waals surface area contributed by atoms with Crippen molar-refractivity contribution >= 4 is 0 Å². The molecule has 0 aromatic rings. The molecule has 3 aliphatic carbocycles. The molecular weight excluding hydrogens is 184 g/mol. The van der Waals surface area contributed by atoms with Crippen LogP contribution >= 0.6 is 0 Å². The van der Waals surface area contributed by atoms with Crippen molar-refractivity contribution in [3.63, 3.8) is 0 Å². The Morgan fingerprint density at radius 1 is 1.27 bits per heavy atom. The molecule has 15 heavy (non-hydrogen) atoms. The van der Waals surface area contributed by atoms with E-state index in [2.05, 4.69) is 13.8 Å². The van der Waals surface area contributed by atoms with Gasteiger partial charge in [-0.25, -0.2) is 0 Å². The summed E-state index contributed by atoms with van der Waals surface area (Å²) in [4.78, 5) is 0. The molecule has 5 atom stereocenters. The third kappa shape index (κ3) is 1.73. The minimum atomic E-state index is 0.00403. The van der Waals surface area contributed by atoms with Crippen LogP contribution in [0, 0.1) is 29.1 Å². The molecular formula is C14H24O. The molecule has 0 radical (unpaired) electrons. The lowest BCUT2D eigenvalue weighted by Gasteiger charge is -2.24. The Hall–Kier alpha value is -0.0400. The van der Waals surface area contributed by atoms with Crippen molar-refractivity contribution in [1.29, 1.82) is 0 Å². The first-order valence-corrected chi connectivity index (χ1v) is 6.74. The summed E-state index contributed by atoms with van der Waals surface area (Å²) < 4.78 is 0. The Morgan fingerprint density at radius 3 is 2.47 bits per heavy atom. The molecule has 86 valence electrons. The van der Waals surface area contributed by atoms with Crippen LogP contribution < -0.4 is 0 Å². The van der Waals surface area contributed by atoms with Gasteiger partial charge in [0.05, 0.1) is 6.10 Å². The molecule has 3 aliphatic rings. The van der Waals surface area contributed by atoms with E-state index in [0.717, 1.165) is 24.2 Å². The van der Waals surface area contributed by atoms with Crippen molar-refractivity contribution in [3.8, 4) is 0 Å². The maximum absolute atomic E-state index is 10.2. The summed E-state index contributed by atoms with van der Waals surface area (Å²) >= 11 is 0. The fourth-order valence-electron chi connectivity index (χ4n) is 4.30. The second-order valence-electron chi connectivity index (χ2n) is 7.04. The van der Waals surface area contributed by atoms with Crippen LogP contribution in [0.25, 0.3) is 0 Å². The highest BCUT2D eigenvalue weighted by atomic mass is 16.3. The van der Waals surface area contributed by atoms with Crippen LogP contribution in [0.1, 0.15) is 52.4 Å². The number of hydrogen-bond donors (Lipinski definition) is 1. The SMILES string of the molecule is CC1(C)CC1C(O)CC1CC2CCC1C2. The fraction of sp³-hybridized carbons (Fsp3) is 1.00. The van der Waals surface area contributed by atoms with E-state index in [9.17, 15) is 5.11 Å². The zero-order valence-electron chi connectivity index (χ0n) is 10.1. The highest BCUT2D eigenvalue weighted by Crippen LogP contribution is 2.56. The van der Waals surface area contributed by atoms with Gasteiger partial charge in [0.2, 0.25) is 0 Å². The van der Waals surface area contributed by atoms with Gasteiger partial charge in [-0.3, -0.25) is 0 Å². The van der Waals surface area contributed by atoms with E-state index in [1.807, 2.05) is 0 Å². The molecule has 0 aromatic heterocycles. The lowest BCUT2D eigenvalue weighted by Crippen LogP contribution is -2.21. The highest BCUT2D eigenvalue weighted by molar-refractivity contribution is 5.01. The molecule has 0 heterocycles. The predicted octanol–water partition coefficient (Wildman–Crippen LogP) is 3.22. The second kappa shape index (κ2) is 3.23. The molecule has 3 fully saturated rings. The Kier molecular flexibility index (Phi) is 2.18. The van der Waals surface area contributed by atoms with E-state index in [1.54, 1.807) is 0 Å². The van der Waals surface area contributed by atoms with Crippen molar-refractivity contribution < 1.29 is 5.11 Å². The maximum Gasteiger partial charge on any atom is 0.0576 e. The Bertz CT molecular complexity index is 258. The van der Waals surface area contributed by atoms with Crippen LogP contribution in [0.3, 0.4) is 0 Å². The van der Waals surface area contributed by atoms with Crippen molar-refractivity contribution in [3.05, 3.63) is 0 Å². The Morgan fingerprint density at radius 2 is 2.00 bits per heavy atom. The maximum atomic E-state index is 10.2. The molecule has 3 saturated carbocycles. The van der Waals surface area contributed by atoms with Gasteiger partial charge in [0.1, 0.15) is 0 Å². The monoisotopic (exact) mass is 208 g/mol. The van der Waals surface area contributed by atoms with E-state index in [-0.39, 0.29) is 6.10 Å². The molecule has 0 aromatic carbocycles. The first kappa shape index (κ1) is 10.1. The predicted molar refractivity (Wildman–Crippen MR) is 61.4 cm³/mol. The van der Waals surface area contributed by atoms with E-state index >= 15 is 0 Å². The molecule has 1 N–H and O–H groups in total. The molecule has 0 spiro atoms. The van der Waals surface area contributed by atoms with Crippen LogP contribution in [0.2, 0.25) is 0 Å². The first-order chi connectivity index (χ1) is 7.06. The van der Waals surface area contributed by atoms with Crippen LogP contribution in [-0.2, 0) is 0 Å². The average molecular weight is 208 g/mol. The number of hydrogen-bond acceptors (Lipinski definition) is 1. The van der Waals surface area contributed by atoms with Gasteiger partial charge in [-0.05, 0) is 61.2 Å². The fourth-order valence-corrected chi connectivity index (χ4v) is 4.30. The Balaban J connectivity index is 1.54. The van der Waals surface area contributed by atoms with Gasteiger partial charge >= 0.3 is 0 Å². The second-order valence-corrected chi connectivity index (χ2v) is 7.04. The summed E-state index contributed by atoms with van der Waals surface area (Å²) in [6, 6.07) is 0. The van der Waals surface area contributed by atoms with Gasteiger partial charge in [0, 0.05) is 0 Å². The van der Waals surface area contributed by atoms with E-state index in [0.29, 0.717) is 11.3 Å². The third-order valence-electron chi connectivity index (χ3n) is 5.48. The molecule has 1 heteroatoms. The summed E-state index contributed by atoms with van der Waals surface area (Å²) in [6.07, 6.45) is 8.19. The smallest absolute Gasteiger partial charge is 0.0576 e. The molecule has 1 nitrogen and oxygen atoms in total. The third-order valence-corrected chi connectivity index (χ3v) is 5.48. The summed E-state index contributed by atoms with van der Waals surface area (Å²) in [5.74, 6) is 3.48. The molecule has 5 unspecified atom stereocenters. The summed E-state index contributed by atoms with van der Waals surface area (Å²) in [7, 11) is 0. The zero-order valence-corrected chi connectivity index (χ0v) is 10.1. The van der Waals surface area contributed by atoms with E-state index in [4.69, 9.17) is 0 Å². The van der Waals surface area contributed by atoms with Gasteiger partial charge in [-0.1, -0.05) is 20.3 Å². The number of fused-ring (bicyclic) bond motifs is 2. The average Bonchev–Trinajstić information content (AvgIpc) is 2.58. The van der Waals surface area contributed by atoms with Crippen LogP contribution in [-0.4, -0.2) is 11.2 Å². The molecule has 0 saturated heterocycles. The standard InChI is InChI=1S/C14H24O/c1-14(2)8-12(14)13(15)7-11-6-9-3-4-10(11)5-9/h9-13,15H,3-8H2,1-2H3. The summed E-state index contributed by atoms with van der Waals surface area (Å²) in [5, 5.41) is 10.2. The topological polar surface area (TPSA) is 20.2 Å².